The second-order valence-corrected chi connectivity index (χ2v) is 4.97. The molecule has 3 rings (SSSR count). The Bertz CT molecular complexity index is 1010. The maximum atomic E-state index is 12.5. The van der Waals surface area contributed by atoms with Crippen molar-refractivity contribution >= 4 is 16.6 Å². The van der Waals surface area contributed by atoms with Crippen LogP contribution in [0.2, 0.25) is 0 Å². The lowest BCUT2D eigenvalue weighted by molar-refractivity contribution is -0.383. The number of alkyl halides is 3. The lowest BCUT2D eigenvalue weighted by Gasteiger charge is -2.09. The van der Waals surface area contributed by atoms with E-state index in [2.05, 4.69) is 9.97 Å². The SMILES string of the molecule is O=c1ccc2cc(Oc3ccc(C(F)(F)F)cn3)cc([N+](=O)[O-])c2[nH]1. The summed E-state index contributed by atoms with van der Waals surface area (Å²) in [7, 11) is 0. The van der Waals surface area contributed by atoms with Gasteiger partial charge in [-0.25, -0.2) is 4.98 Å². The molecule has 1 aromatic carbocycles. The fourth-order valence-electron chi connectivity index (χ4n) is 2.15. The van der Waals surface area contributed by atoms with Gasteiger partial charge >= 0.3 is 6.18 Å². The van der Waals surface area contributed by atoms with Crippen molar-refractivity contribution in [3.05, 3.63) is 68.6 Å². The summed E-state index contributed by atoms with van der Waals surface area (Å²) in [5.41, 5.74) is -1.84. The smallest absolute Gasteiger partial charge is 0.417 e. The van der Waals surface area contributed by atoms with E-state index in [0.29, 0.717) is 11.6 Å². The molecule has 0 saturated heterocycles. The van der Waals surface area contributed by atoms with Crippen LogP contribution in [0.5, 0.6) is 11.6 Å². The Morgan fingerprint density at radius 1 is 1.16 bits per heavy atom. The monoisotopic (exact) mass is 351 g/mol. The number of H-pyrrole nitrogens is 1. The van der Waals surface area contributed by atoms with E-state index in [4.69, 9.17) is 4.74 Å². The van der Waals surface area contributed by atoms with Crippen LogP contribution < -0.4 is 10.3 Å². The summed E-state index contributed by atoms with van der Waals surface area (Å²) in [4.78, 5) is 27.7. The van der Waals surface area contributed by atoms with Crippen molar-refractivity contribution in [2.45, 2.75) is 6.18 Å². The number of hydrogen-bond acceptors (Lipinski definition) is 5. The number of aromatic amines is 1. The quantitative estimate of drug-likeness (QED) is 0.574. The highest BCUT2D eigenvalue weighted by Gasteiger charge is 2.30. The minimum absolute atomic E-state index is 0.00138. The van der Waals surface area contributed by atoms with Gasteiger partial charge in [-0.3, -0.25) is 14.9 Å². The summed E-state index contributed by atoms with van der Waals surface area (Å²) >= 11 is 0. The van der Waals surface area contributed by atoms with Crippen molar-refractivity contribution in [1.82, 2.24) is 9.97 Å². The highest BCUT2D eigenvalue weighted by Crippen LogP contribution is 2.33. The van der Waals surface area contributed by atoms with Crippen molar-refractivity contribution < 1.29 is 22.8 Å². The first-order chi connectivity index (χ1) is 11.7. The van der Waals surface area contributed by atoms with Gasteiger partial charge in [0.15, 0.2) is 0 Å². The van der Waals surface area contributed by atoms with Crippen LogP contribution in [0.25, 0.3) is 10.9 Å². The Kier molecular flexibility index (Phi) is 3.87. The van der Waals surface area contributed by atoms with Crippen LogP contribution in [0.1, 0.15) is 5.56 Å². The van der Waals surface area contributed by atoms with Crippen LogP contribution in [0, 0.1) is 10.1 Å². The van der Waals surface area contributed by atoms with E-state index in [-0.39, 0.29) is 17.1 Å². The normalized spacial score (nSPS) is 11.5. The van der Waals surface area contributed by atoms with Gasteiger partial charge in [0, 0.05) is 23.7 Å². The van der Waals surface area contributed by atoms with Gasteiger partial charge in [0.1, 0.15) is 11.3 Å². The number of non-ortho nitro benzene ring substituents is 1. The maximum absolute atomic E-state index is 12.5. The van der Waals surface area contributed by atoms with Gasteiger partial charge in [-0.1, -0.05) is 0 Å². The third kappa shape index (κ3) is 3.42. The lowest BCUT2D eigenvalue weighted by atomic mass is 10.2. The van der Waals surface area contributed by atoms with Crippen molar-refractivity contribution in [1.29, 1.82) is 0 Å². The van der Waals surface area contributed by atoms with E-state index in [9.17, 15) is 28.1 Å². The number of fused-ring (bicyclic) bond motifs is 1. The van der Waals surface area contributed by atoms with E-state index < -0.39 is 27.9 Å². The number of nitrogens with one attached hydrogen (secondary N) is 1. The molecule has 2 heterocycles. The van der Waals surface area contributed by atoms with Crippen LogP contribution in [0.3, 0.4) is 0 Å². The molecule has 0 unspecified atom stereocenters. The Balaban J connectivity index is 2.00. The molecule has 0 amide bonds. The molecule has 2 aromatic heterocycles. The summed E-state index contributed by atoms with van der Waals surface area (Å²) in [6, 6.07) is 6.80. The van der Waals surface area contributed by atoms with Gasteiger partial charge in [0.2, 0.25) is 11.4 Å². The molecule has 10 heteroatoms. The van der Waals surface area contributed by atoms with Crippen LogP contribution in [0.4, 0.5) is 18.9 Å². The Morgan fingerprint density at radius 2 is 1.92 bits per heavy atom. The lowest BCUT2D eigenvalue weighted by Crippen LogP contribution is -2.05. The standard InChI is InChI=1S/C15H8F3N3O4/c16-15(17,18)9-2-4-13(19-7-9)25-10-5-8-1-3-12(22)20-14(8)11(6-10)21(23)24/h1-7H,(H,20,22). The van der Waals surface area contributed by atoms with Crippen LogP contribution in [0.15, 0.2) is 47.4 Å². The van der Waals surface area contributed by atoms with Gasteiger partial charge in [0.25, 0.3) is 5.69 Å². The highest BCUT2D eigenvalue weighted by atomic mass is 19.4. The third-order valence-corrected chi connectivity index (χ3v) is 3.27. The fourth-order valence-corrected chi connectivity index (χ4v) is 2.15. The van der Waals surface area contributed by atoms with Crippen molar-refractivity contribution in [2.75, 3.05) is 0 Å². The molecule has 3 aromatic rings. The summed E-state index contributed by atoms with van der Waals surface area (Å²) in [6.07, 6.45) is -3.93. The molecule has 0 saturated carbocycles. The van der Waals surface area contributed by atoms with Crippen molar-refractivity contribution in [3.8, 4) is 11.6 Å². The van der Waals surface area contributed by atoms with Crippen LogP contribution in [-0.4, -0.2) is 14.9 Å². The number of nitrogens with zero attached hydrogens (tertiary/aromatic N) is 2. The summed E-state index contributed by atoms with van der Waals surface area (Å²) in [6.45, 7) is 0. The second kappa shape index (κ2) is 5.89. The van der Waals surface area contributed by atoms with Crippen molar-refractivity contribution in [2.24, 2.45) is 0 Å². The van der Waals surface area contributed by atoms with Crippen LogP contribution in [-0.2, 0) is 6.18 Å². The van der Waals surface area contributed by atoms with E-state index in [0.717, 1.165) is 18.2 Å². The highest BCUT2D eigenvalue weighted by molar-refractivity contribution is 5.88. The Hall–Kier alpha value is -3.43. The third-order valence-electron chi connectivity index (χ3n) is 3.27. The molecule has 0 radical (unpaired) electrons. The molecule has 1 N–H and O–H groups in total. The zero-order chi connectivity index (χ0) is 18.2. The Morgan fingerprint density at radius 3 is 2.52 bits per heavy atom. The number of ether oxygens (including phenoxy) is 1. The van der Waals surface area contributed by atoms with Crippen LogP contribution >= 0.6 is 0 Å². The second-order valence-electron chi connectivity index (χ2n) is 4.97. The molecule has 0 spiro atoms. The molecule has 0 fully saturated rings. The first-order valence-electron chi connectivity index (χ1n) is 6.76. The number of aromatic nitrogens is 2. The number of pyridine rings is 2. The Labute approximate surface area is 136 Å². The molecule has 0 atom stereocenters. The number of nitro groups is 1. The minimum Gasteiger partial charge on any atom is -0.439 e. The maximum Gasteiger partial charge on any atom is 0.417 e. The predicted octanol–water partition coefficient (Wildman–Crippen LogP) is 3.64. The molecular formula is C15H8F3N3O4. The number of nitro benzene ring substituents is 1. The minimum atomic E-state index is -4.53. The molecule has 7 nitrogen and oxygen atoms in total. The number of halogens is 3. The molecule has 25 heavy (non-hydrogen) atoms. The van der Waals surface area contributed by atoms with Gasteiger partial charge < -0.3 is 9.72 Å². The van der Waals surface area contributed by atoms with Gasteiger partial charge in [0.05, 0.1) is 16.6 Å². The van der Waals surface area contributed by atoms with E-state index in [1.54, 1.807) is 0 Å². The molecule has 0 aliphatic heterocycles. The molecular weight excluding hydrogens is 343 g/mol. The van der Waals surface area contributed by atoms with Gasteiger partial charge in [-0.15, -0.1) is 0 Å². The van der Waals surface area contributed by atoms with Gasteiger partial charge in [-0.2, -0.15) is 13.2 Å². The number of rotatable bonds is 3. The number of hydrogen-bond donors (Lipinski definition) is 1. The molecule has 128 valence electrons. The molecule has 0 aliphatic carbocycles. The van der Waals surface area contributed by atoms with Crippen molar-refractivity contribution in [3.63, 3.8) is 0 Å². The average molecular weight is 351 g/mol. The topological polar surface area (TPSA) is 98.1 Å². The summed E-state index contributed by atoms with van der Waals surface area (Å²) in [5, 5.41) is 11.5. The van der Waals surface area contributed by atoms with E-state index in [1.807, 2.05) is 0 Å². The van der Waals surface area contributed by atoms with E-state index in [1.165, 1.54) is 18.2 Å². The average Bonchev–Trinajstić information content (AvgIpc) is 2.54. The fraction of sp³-hybridized carbons (Fsp3) is 0.0667. The first kappa shape index (κ1) is 16.4. The van der Waals surface area contributed by atoms with Gasteiger partial charge in [-0.05, 0) is 18.2 Å². The zero-order valence-electron chi connectivity index (χ0n) is 12.2. The summed E-state index contributed by atoms with van der Waals surface area (Å²) < 4.78 is 42.8. The zero-order valence-corrected chi connectivity index (χ0v) is 12.2. The molecule has 0 bridgehead atoms. The van der Waals surface area contributed by atoms with E-state index >= 15 is 0 Å². The molecule has 0 aliphatic rings. The number of benzene rings is 1. The first-order valence-corrected chi connectivity index (χ1v) is 6.76. The predicted molar refractivity (Wildman–Crippen MR) is 80.5 cm³/mol. The largest absolute Gasteiger partial charge is 0.439 e. The summed E-state index contributed by atoms with van der Waals surface area (Å²) in [5.74, 6) is -0.162.